The van der Waals surface area contributed by atoms with E-state index in [-0.39, 0.29) is 16.4 Å². The second-order valence-corrected chi connectivity index (χ2v) is 5.00. The Labute approximate surface area is 103 Å². The topological polar surface area (TPSA) is 98.0 Å². The summed E-state index contributed by atoms with van der Waals surface area (Å²) in [5.74, 6) is -0.928. The molecule has 2 aromatic heterocycles. The van der Waals surface area contributed by atoms with Crippen LogP contribution in [-0.2, 0) is 10.0 Å². The van der Waals surface area contributed by atoms with E-state index in [0.29, 0.717) is 0 Å². The molecule has 0 fully saturated rings. The molecule has 94 valence electrons. The lowest BCUT2D eigenvalue weighted by atomic mass is 10.4. The van der Waals surface area contributed by atoms with Gasteiger partial charge in [0.25, 0.3) is 10.0 Å². The smallest absolute Gasteiger partial charge is 0.265 e. The third-order valence-corrected chi connectivity index (χ3v) is 3.52. The average molecular weight is 268 g/mol. The maximum absolute atomic E-state index is 13.3. The van der Waals surface area contributed by atoms with E-state index < -0.39 is 15.8 Å². The Kier molecular flexibility index (Phi) is 3.11. The van der Waals surface area contributed by atoms with E-state index in [4.69, 9.17) is 5.73 Å². The molecule has 6 nitrogen and oxygen atoms in total. The van der Waals surface area contributed by atoms with Crippen LogP contribution in [0.25, 0.3) is 0 Å². The zero-order chi connectivity index (χ0) is 13.2. The summed E-state index contributed by atoms with van der Waals surface area (Å²) >= 11 is 0. The van der Waals surface area contributed by atoms with Crippen molar-refractivity contribution < 1.29 is 12.8 Å². The minimum Gasteiger partial charge on any atom is -0.383 e. The van der Waals surface area contributed by atoms with E-state index in [2.05, 4.69) is 14.7 Å². The lowest BCUT2D eigenvalue weighted by molar-refractivity contribution is 0.598. The highest BCUT2D eigenvalue weighted by atomic mass is 32.2. The maximum atomic E-state index is 13.3. The minimum atomic E-state index is -3.97. The number of hydrogen-bond donors (Lipinski definition) is 2. The van der Waals surface area contributed by atoms with Gasteiger partial charge in [-0.25, -0.2) is 17.8 Å². The van der Waals surface area contributed by atoms with Crippen molar-refractivity contribution in [3.05, 3.63) is 42.6 Å². The quantitative estimate of drug-likeness (QED) is 0.865. The molecule has 0 saturated heterocycles. The Bertz CT molecular complexity index is 675. The molecular formula is C10H9FN4O2S. The monoisotopic (exact) mass is 268 g/mol. The van der Waals surface area contributed by atoms with Gasteiger partial charge in [0.15, 0.2) is 5.82 Å². The Morgan fingerprint density at radius 1 is 1.28 bits per heavy atom. The number of rotatable bonds is 3. The van der Waals surface area contributed by atoms with Crippen molar-refractivity contribution in [2.24, 2.45) is 0 Å². The van der Waals surface area contributed by atoms with Gasteiger partial charge in [-0.3, -0.25) is 9.71 Å². The standard InChI is InChI=1S/C10H9FN4O2S/c11-7-6-13-5-3-8(7)15-18(16,17)9-2-1-4-14-10(9)12/h1-6H,(H2,12,14)(H,13,15). The molecule has 0 aliphatic heterocycles. The van der Waals surface area contributed by atoms with Crippen LogP contribution < -0.4 is 10.5 Å². The van der Waals surface area contributed by atoms with E-state index >= 15 is 0 Å². The van der Waals surface area contributed by atoms with Crippen LogP contribution in [0.5, 0.6) is 0 Å². The summed E-state index contributed by atoms with van der Waals surface area (Å²) in [5, 5.41) is 0. The fraction of sp³-hybridized carbons (Fsp3) is 0. The molecule has 0 bridgehead atoms. The highest BCUT2D eigenvalue weighted by Crippen LogP contribution is 2.20. The summed E-state index contributed by atoms with van der Waals surface area (Å²) in [5.41, 5.74) is 5.26. The van der Waals surface area contributed by atoms with Crippen LogP contribution >= 0.6 is 0 Å². The van der Waals surface area contributed by atoms with Crippen molar-refractivity contribution in [2.45, 2.75) is 4.90 Å². The highest BCUT2D eigenvalue weighted by molar-refractivity contribution is 7.92. The summed E-state index contributed by atoms with van der Waals surface area (Å²) < 4.78 is 39.3. The molecule has 8 heteroatoms. The van der Waals surface area contributed by atoms with Crippen LogP contribution in [0.1, 0.15) is 0 Å². The van der Waals surface area contributed by atoms with Gasteiger partial charge in [0.05, 0.1) is 11.9 Å². The molecule has 0 spiro atoms. The number of sulfonamides is 1. The van der Waals surface area contributed by atoms with Crippen molar-refractivity contribution >= 4 is 21.5 Å². The van der Waals surface area contributed by atoms with E-state index in [0.717, 1.165) is 6.20 Å². The van der Waals surface area contributed by atoms with Gasteiger partial charge in [-0.05, 0) is 18.2 Å². The zero-order valence-corrected chi connectivity index (χ0v) is 9.86. The minimum absolute atomic E-state index is 0.153. The maximum Gasteiger partial charge on any atom is 0.265 e. The SMILES string of the molecule is Nc1ncccc1S(=O)(=O)Nc1ccncc1F. The van der Waals surface area contributed by atoms with Crippen LogP contribution in [-0.4, -0.2) is 18.4 Å². The first kappa shape index (κ1) is 12.2. The number of nitrogens with one attached hydrogen (secondary N) is 1. The summed E-state index contributed by atoms with van der Waals surface area (Å²) in [6.45, 7) is 0. The first-order valence-electron chi connectivity index (χ1n) is 4.83. The Hall–Kier alpha value is -2.22. The molecule has 0 aromatic carbocycles. The molecule has 2 aromatic rings. The second-order valence-electron chi connectivity index (χ2n) is 3.35. The first-order valence-corrected chi connectivity index (χ1v) is 6.32. The Morgan fingerprint density at radius 3 is 2.72 bits per heavy atom. The van der Waals surface area contributed by atoms with E-state index in [1.807, 2.05) is 0 Å². The van der Waals surface area contributed by atoms with Gasteiger partial charge in [-0.2, -0.15) is 0 Å². The van der Waals surface area contributed by atoms with E-state index in [9.17, 15) is 12.8 Å². The number of aromatic nitrogens is 2. The lowest BCUT2D eigenvalue weighted by Gasteiger charge is -2.09. The number of pyridine rings is 2. The van der Waals surface area contributed by atoms with E-state index in [1.54, 1.807) is 0 Å². The van der Waals surface area contributed by atoms with Gasteiger partial charge in [0.2, 0.25) is 0 Å². The normalized spacial score (nSPS) is 11.2. The number of nitrogen functional groups attached to an aromatic ring is 1. The molecule has 0 amide bonds. The van der Waals surface area contributed by atoms with Crippen molar-refractivity contribution in [3.8, 4) is 0 Å². The van der Waals surface area contributed by atoms with Gasteiger partial charge in [-0.15, -0.1) is 0 Å². The number of anilines is 2. The van der Waals surface area contributed by atoms with Crippen LogP contribution in [0.3, 0.4) is 0 Å². The molecule has 3 N–H and O–H groups in total. The third-order valence-electron chi connectivity index (χ3n) is 2.11. The van der Waals surface area contributed by atoms with E-state index in [1.165, 1.54) is 30.6 Å². The number of halogens is 1. The molecule has 0 unspecified atom stereocenters. The molecule has 18 heavy (non-hydrogen) atoms. The van der Waals surface area contributed by atoms with Crippen molar-refractivity contribution in [1.82, 2.24) is 9.97 Å². The summed E-state index contributed by atoms with van der Waals surface area (Å²) in [6, 6.07) is 3.91. The fourth-order valence-electron chi connectivity index (χ4n) is 1.29. The molecule has 2 heterocycles. The Balaban J connectivity index is 2.40. The second kappa shape index (κ2) is 4.57. The summed E-state index contributed by atoms with van der Waals surface area (Å²) in [7, 11) is -3.97. The number of nitrogens with zero attached hydrogens (tertiary/aromatic N) is 2. The number of hydrogen-bond acceptors (Lipinski definition) is 5. The van der Waals surface area contributed by atoms with Crippen LogP contribution in [0.15, 0.2) is 41.7 Å². The zero-order valence-electron chi connectivity index (χ0n) is 9.04. The largest absolute Gasteiger partial charge is 0.383 e. The van der Waals surface area contributed by atoms with Crippen molar-refractivity contribution in [2.75, 3.05) is 10.5 Å². The van der Waals surface area contributed by atoms with Gasteiger partial charge in [0, 0.05) is 12.4 Å². The average Bonchev–Trinajstić information content (AvgIpc) is 2.32. The third kappa shape index (κ3) is 2.38. The first-order chi connectivity index (χ1) is 8.50. The highest BCUT2D eigenvalue weighted by Gasteiger charge is 2.19. The van der Waals surface area contributed by atoms with Crippen LogP contribution in [0.4, 0.5) is 15.9 Å². The molecule has 2 rings (SSSR count). The summed E-state index contributed by atoms with van der Waals surface area (Å²) in [6.07, 6.45) is 3.54. The van der Waals surface area contributed by atoms with Gasteiger partial charge < -0.3 is 5.73 Å². The van der Waals surface area contributed by atoms with Gasteiger partial charge in [-0.1, -0.05) is 0 Å². The molecule has 0 atom stereocenters. The molecular weight excluding hydrogens is 259 g/mol. The van der Waals surface area contributed by atoms with Crippen molar-refractivity contribution in [3.63, 3.8) is 0 Å². The predicted molar refractivity (Wildman–Crippen MR) is 63.7 cm³/mol. The molecule has 0 aliphatic rings. The molecule has 0 aliphatic carbocycles. The molecule has 0 radical (unpaired) electrons. The molecule has 0 saturated carbocycles. The van der Waals surface area contributed by atoms with Gasteiger partial charge in [0.1, 0.15) is 10.7 Å². The van der Waals surface area contributed by atoms with Crippen LogP contribution in [0.2, 0.25) is 0 Å². The Morgan fingerprint density at radius 2 is 2.06 bits per heavy atom. The predicted octanol–water partition coefficient (Wildman–Crippen LogP) is 0.999. The lowest BCUT2D eigenvalue weighted by Crippen LogP contribution is -2.16. The van der Waals surface area contributed by atoms with Crippen LogP contribution in [0, 0.1) is 5.82 Å². The summed E-state index contributed by atoms with van der Waals surface area (Å²) in [4.78, 5) is 6.97. The fourth-order valence-corrected chi connectivity index (χ4v) is 2.44. The van der Waals surface area contributed by atoms with Crippen molar-refractivity contribution in [1.29, 1.82) is 0 Å². The number of nitrogens with two attached hydrogens (primary N) is 1. The van der Waals surface area contributed by atoms with Gasteiger partial charge >= 0.3 is 0 Å².